The third-order valence-corrected chi connectivity index (χ3v) is 3.70. The maximum Gasteiger partial charge on any atom is 0.0645 e. The molecule has 0 radical (unpaired) electrons. The highest BCUT2D eigenvalue weighted by molar-refractivity contribution is 5.33. The molecule has 0 amide bonds. The molecule has 3 rings (SSSR count). The van der Waals surface area contributed by atoms with Gasteiger partial charge >= 0.3 is 0 Å². The highest BCUT2D eigenvalue weighted by Crippen LogP contribution is 2.10. The predicted molar refractivity (Wildman–Crippen MR) is 86.8 cm³/mol. The Morgan fingerprint density at radius 2 is 1.91 bits per heavy atom. The Balaban J connectivity index is 1.54. The van der Waals surface area contributed by atoms with E-state index in [1.807, 2.05) is 34.9 Å². The lowest BCUT2D eigenvalue weighted by Gasteiger charge is -2.16. The van der Waals surface area contributed by atoms with Crippen molar-refractivity contribution in [2.45, 2.75) is 13.0 Å². The molecule has 0 aliphatic carbocycles. The number of benzene rings is 1. The van der Waals surface area contributed by atoms with Crippen molar-refractivity contribution in [2.24, 2.45) is 7.05 Å². The molecule has 0 atom stereocenters. The minimum Gasteiger partial charge on any atom is -0.302 e. The van der Waals surface area contributed by atoms with E-state index in [0.717, 1.165) is 25.2 Å². The Hall–Kier alpha value is -2.40. The molecular weight excluding hydrogens is 274 g/mol. The Morgan fingerprint density at radius 1 is 1.09 bits per heavy atom. The smallest absolute Gasteiger partial charge is 0.0645 e. The second kappa shape index (κ2) is 6.58. The van der Waals surface area contributed by atoms with E-state index in [0.29, 0.717) is 0 Å². The van der Waals surface area contributed by atoms with Gasteiger partial charge in [0.05, 0.1) is 11.9 Å². The van der Waals surface area contributed by atoms with Crippen molar-refractivity contribution in [3.8, 4) is 5.69 Å². The third-order valence-electron chi connectivity index (χ3n) is 3.70. The van der Waals surface area contributed by atoms with Gasteiger partial charge in [0, 0.05) is 38.7 Å². The van der Waals surface area contributed by atoms with Gasteiger partial charge in [0.15, 0.2) is 0 Å². The maximum absolute atomic E-state index is 4.24. The molecule has 0 N–H and O–H groups in total. The van der Waals surface area contributed by atoms with Gasteiger partial charge in [0.25, 0.3) is 0 Å². The zero-order chi connectivity index (χ0) is 15.4. The van der Waals surface area contributed by atoms with E-state index in [4.69, 9.17) is 0 Å². The molecule has 3 aromatic rings. The quantitative estimate of drug-likeness (QED) is 0.700. The molecule has 1 aromatic carbocycles. The van der Waals surface area contributed by atoms with Crippen LogP contribution in [0.25, 0.3) is 5.69 Å². The second-order valence-electron chi connectivity index (χ2n) is 5.63. The minimum absolute atomic E-state index is 0.944. The summed E-state index contributed by atoms with van der Waals surface area (Å²) in [5.41, 5.74) is 3.68. The van der Waals surface area contributed by atoms with Crippen LogP contribution in [0.4, 0.5) is 0 Å². The Morgan fingerprint density at radius 3 is 2.55 bits per heavy atom. The van der Waals surface area contributed by atoms with Gasteiger partial charge in [-0.05, 0) is 42.8 Å². The lowest BCUT2D eigenvalue weighted by Crippen LogP contribution is -2.20. The fraction of sp³-hybridized carbons (Fsp3) is 0.294. The van der Waals surface area contributed by atoms with Gasteiger partial charge in [0.1, 0.15) is 0 Å². The molecule has 0 aliphatic heterocycles. The topological polar surface area (TPSA) is 38.9 Å². The van der Waals surface area contributed by atoms with E-state index in [1.165, 1.54) is 11.1 Å². The van der Waals surface area contributed by atoms with Crippen molar-refractivity contribution in [2.75, 3.05) is 13.6 Å². The lowest BCUT2D eigenvalue weighted by atomic mass is 10.2. The van der Waals surface area contributed by atoms with Crippen LogP contribution in [0.15, 0.2) is 55.1 Å². The van der Waals surface area contributed by atoms with Crippen molar-refractivity contribution < 1.29 is 0 Å². The summed E-state index contributed by atoms with van der Waals surface area (Å²) < 4.78 is 3.72. The largest absolute Gasteiger partial charge is 0.302 e. The second-order valence-corrected chi connectivity index (χ2v) is 5.63. The van der Waals surface area contributed by atoms with Gasteiger partial charge in [-0.15, -0.1) is 0 Å². The molecule has 0 spiro atoms. The average Bonchev–Trinajstić information content (AvgIpc) is 3.17. The van der Waals surface area contributed by atoms with Gasteiger partial charge in [-0.25, -0.2) is 4.68 Å². The van der Waals surface area contributed by atoms with Crippen LogP contribution in [0, 0.1) is 0 Å². The fourth-order valence-electron chi connectivity index (χ4n) is 2.49. The van der Waals surface area contributed by atoms with Crippen LogP contribution < -0.4 is 0 Å². The van der Waals surface area contributed by atoms with Crippen LogP contribution in [0.1, 0.15) is 11.1 Å². The summed E-state index contributed by atoms with van der Waals surface area (Å²) in [6, 6.07) is 10.5. The number of hydrogen-bond acceptors (Lipinski definition) is 3. The lowest BCUT2D eigenvalue weighted by molar-refractivity contribution is 0.331. The van der Waals surface area contributed by atoms with Crippen LogP contribution in [-0.2, 0) is 20.0 Å². The number of nitrogens with zero attached hydrogens (tertiary/aromatic N) is 5. The van der Waals surface area contributed by atoms with Gasteiger partial charge < -0.3 is 4.90 Å². The number of rotatable bonds is 6. The van der Waals surface area contributed by atoms with E-state index >= 15 is 0 Å². The van der Waals surface area contributed by atoms with Crippen LogP contribution in [0.5, 0.6) is 0 Å². The average molecular weight is 295 g/mol. The predicted octanol–water partition coefficient (Wildman–Crippen LogP) is 2.28. The van der Waals surface area contributed by atoms with Crippen LogP contribution in [0.3, 0.4) is 0 Å². The zero-order valence-electron chi connectivity index (χ0n) is 13.1. The standard InChI is InChI=1S/C17H21N5/c1-20(11-8-16-12-19-21(2)14-16)13-15-4-6-17(7-5-15)22-10-3-9-18-22/h3-7,9-10,12,14H,8,11,13H2,1-2H3. The number of aryl methyl sites for hydroxylation is 1. The molecule has 5 nitrogen and oxygen atoms in total. The maximum atomic E-state index is 4.24. The molecule has 114 valence electrons. The summed E-state index contributed by atoms with van der Waals surface area (Å²) in [7, 11) is 4.10. The first-order chi connectivity index (χ1) is 10.7. The molecular formula is C17H21N5. The Labute approximate surface area is 130 Å². The molecule has 22 heavy (non-hydrogen) atoms. The van der Waals surface area contributed by atoms with Gasteiger partial charge in [-0.3, -0.25) is 4.68 Å². The summed E-state index contributed by atoms with van der Waals surface area (Å²) >= 11 is 0. The van der Waals surface area contributed by atoms with Crippen molar-refractivity contribution in [3.63, 3.8) is 0 Å². The van der Waals surface area contributed by atoms with Crippen LogP contribution >= 0.6 is 0 Å². The monoisotopic (exact) mass is 295 g/mol. The molecule has 0 saturated carbocycles. The van der Waals surface area contributed by atoms with Crippen LogP contribution in [0.2, 0.25) is 0 Å². The van der Waals surface area contributed by atoms with Crippen molar-refractivity contribution in [1.29, 1.82) is 0 Å². The number of hydrogen-bond donors (Lipinski definition) is 0. The number of likely N-dealkylation sites (N-methyl/N-ethyl adjacent to an activating group) is 1. The molecule has 2 heterocycles. The van der Waals surface area contributed by atoms with E-state index in [2.05, 4.69) is 52.6 Å². The van der Waals surface area contributed by atoms with Crippen LogP contribution in [-0.4, -0.2) is 38.1 Å². The summed E-state index contributed by atoms with van der Waals surface area (Å²) in [6.45, 7) is 1.96. The van der Waals surface area contributed by atoms with Gasteiger partial charge in [0.2, 0.25) is 0 Å². The minimum atomic E-state index is 0.944. The van der Waals surface area contributed by atoms with E-state index < -0.39 is 0 Å². The molecule has 0 aliphatic rings. The Kier molecular flexibility index (Phi) is 4.34. The highest BCUT2D eigenvalue weighted by atomic mass is 15.3. The first-order valence-corrected chi connectivity index (χ1v) is 7.46. The SMILES string of the molecule is CN(CCc1cnn(C)c1)Cc1ccc(-n2cccn2)cc1. The fourth-order valence-corrected chi connectivity index (χ4v) is 2.49. The van der Waals surface area contributed by atoms with E-state index in [-0.39, 0.29) is 0 Å². The van der Waals surface area contributed by atoms with Gasteiger partial charge in [-0.1, -0.05) is 12.1 Å². The Bertz CT molecular complexity index is 697. The highest BCUT2D eigenvalue weighted by Gasteiger charge is 2.03. The summed E-state index contributed by atoms with van der Waals surface area (Å²) in [5, 5.41) is 8.44. The number of aromatic nitrogens is 4. The molecule has 0 saturated heterocycles. The van der Waals surface area contributed by atoms with Crippen molar-refractivity contribution in [1.82, 2.24) is 24.5 Å². The summed E-state index contributed by atoms with van der Waals surface area (Å²) in [5.74, 6) is 0. The summed E-state index contributed by atoms with van der Waals surface area (Å²) in [6.07, 6.45) is 8.78. The van der Waals surface area contributed by atoms with Crippen molar-refractivity contribution in [3.05, 3.63) is 66.2 Å². The summed E-state index contributed by atoms with van der Waals surface area (Å²) in [4.78, 5) is 2.33. The normalized spacial score (nSPS) is 11.2. The zero-order valence-corrected chi connectivity index (χ0v) is 13.1. The van der Waals surface area contributed by atoms with E-state index in [9.17, 15) is 0 Å². The molecule has 2 aromatic heterocycles. The molecule has 0 bridgehead atoms. The molecule has 5 heteroatoms. The van der Waals surface area contributed by atoms with Crippen molar-refractivity contribution >= 4 is 0 Å². The first-order valence-electron chi connectivity index (χ1n) is 7.46. The third kappa shape index (κ3) is 3.62. The molecule has 0 unspecified atom stereocenters. The first kappa shape index (κ1) is 14.5. The van der Waals surface area contributed by atoms with E-state index in [1.54, 1.807) is 6.20 Å². The van der Waals surface area contributed by atoms with Gasteiger partial charge in [-0.2, -0.15) is 10.2 Å². The molecule has 0 fully saturated rings.